The zero-order valence-corrected chi connectivity index (χ0v) is 49.4. The lowest BCUT2D eigenvalue weighted by atomic mass is 9.76. The molecule has 2 aromatic carbocycles. The van der Waals surface area contributed by atoms with Gasteiger partial charge in [-0.2, -0.15) is 0 Å². The van der Waals surface area contributed by atoms with E-state index in [-0.39, 0.29) is 85.7 Å². The van der Waals surface area contributed by atoms with Gasteiger partial charge >= 0.3 is 11.9 Å². The molecule has 2 aromatic rings. The standard InChI is InChI=1S/C58H85NO25/c1-24(2)57(69)84-55-29(7)77-44(23-58(55,9)70)81-38-20-42(73-25(3)48(38)65)80-37-21-43(74-26(4)47(37)64)83-53-34(54(72-11)56(68)59-13-12-14-60)17-32-15-31-16-33(18-35(62)45(31)49(66)46(32)50(53)67)79-41-22-39(52(28(6)76-41)78-30(8)61)82-40-19-36(63)51(71-10)27(5)75-40/h15-16,18,24-29,34,36-44,47-48,51-55,60,62-66,70H,12-14,17,19-23H2,1-11H3,(H,59,68)/t25-,26-,27-,28-,29+,34-,36-,37+,38+,39-,40-,41+,42+,43+,44+,47-,48-,51-,52-,53+,54+,55+,58-/m1/s1. The summed E-state index contributed by atoms with van der Waals surface area (Å²) in [6.07, 6.45) is -21.1. The summed E-state index contributed by atoms with van der Waals surface area (Å²) < 4.78 is 84.7. The fraction of sp³-hybridized carbons (Fsp3) is 0.759. The van der Waals surface area contributed by atoms with Crippen LogP contribution in [-0.2, 0) is 82.4 Å². The Balaban J connectivity index is 1.01. The molecule has 84 heavy (non-hydrogen) atoms. The Morgan fingerprint density at radius 2 is 1.31 bits per heavy atom. The van der Waals surface area contributed by atoms with Crippen LogP contribution in [0.4, 0.5) is 0 Å². The smallest absolute Gasteiger partial charge is 0.308 e. The van der Waals surface area contributed by atoms with E-state index in [4.69, 9.17) is 66.3 Å². The number of Topliss-reactive ketones (excluding diaryl/α,β-unsaturated/α-hetero) is 1. The Kier molecular flexibility index (Phi) is 21.6. The average Bonchev–Trinajstić information content (AvgIpc) is 2.97. The minimum Gasteiger partial charge on any atom is -0.507 e. The molecule has 5 fully saturated rings. The highest BCUT2D eigenvalue weighted by Crippen LogP contribution is 2.46. The number of carbonyl (C=O) groups is 4. The molecule has 6 aliphatic rings. The van der Waals surface area contributed by atoms with E-state index >= 15 is 4.79 Å². The minimum absolute atomic E-state index is 0.00308. The van der Waals surface area contributed by atoms with Crippen molar-refractivity contribution in [2.45, 2.75) is 242 Å². The quantitative estimate of drug-likeness (QED) is 0.0695. The first kappa shape index (κ1) is 65.5. The fourth-order valence-electron chi connectivity index (χ4n) is 12.3. The van der Waals surface area contributed by atoms with Crippen LogP contribution < -0.4 is 10.1 Å². The van der Waals surface area contributed by atoms with Gasteiger partial charge in [0.25, 0.3) is 0 Å². The number of rotatable bonds is 20. The minimum atomic E-state index is -1.56. The largest absolute Gasteiger partial charge is 0.507 e. The van der Waals surface area contributed by atoms with Crippen molar-refractivity contribution in [2.75, 3.05) is 27.4 Å². The van der Waals surface area contributed by atoms with Gasteiger partial charge in [0.15, 0.2) is 43.2 Å². The van der Waals surface area contributed by atoms with Crippen LogP contribution in [0.2, 0.25) is 0 Å². The molecule has 23 atom stereocenters. The zero-order chi connectivity index (χ0) is 61.2. The van der Waals surface area contributed by atoms with Crippen molar-refractivity contribution in [1.82, 2.24) is 5.32 Å². The van der Waals surface area contributed by atoms with Gasteiger partial charge in [0, 0.05) is 78.4 Å². The van der Waals surface area contributed by atoms with E-state index in [1.807, 2.05) is 0 Å². The van der Waals surface area contributed by atoms with Crippen LogP contribution in [0.5, 0.6) is 17.2 Å². The number of nitrogens with one attached hydrogen (secondary N) is 1. The predicted octanol–water partition coefficient (Wildman–Crippen LogP) is 2.06. The van der Waals surface area contributed by atoms with Crippen LogP contribution in [-0.4, -0.2) is 221 Å². The number of aliphatic hydroxyl groups is 5. The Morgan fingerprint density at radius 3 is 1.90 bits per heavy atom. The zero-order valence-electron chi connectivity index (χ0n) is 49.4. The molecule has 472 valence electrons. The van der Waals surface area contributed by atoms with Gasteiger partial charge < -0.3 is 107 Å². The van der Waals surface area contributed by atoms with Crippen LogP contribution in [0, 0.1) is 11.8 Å². The number of hydrogen-bond acceptors (Lipinski definition) is 25. The number of amides is 1. The SMILES string of the molecule is CO[C@H]1[C@H](O)C[C@@H](O[C@@H]2C[C@H](Oc3cc(O)c4c(O)c5c(cc4c3)C[C@@H]([C@H](OC)C(=O)NCCCO)[C@H](O[C@H]3C[C@H](O[C@H]4C[C@H](O[C@H]6C[C@@](C)(O)[C@@H](OC(=O)C(C)C)[C@H](C)O6)[C@H](O)[C@@H](C)O4)[C@H](O)[C@@H](C)O3)C5=O)O[C@H](C)[C@H]2OC(C)=O)O[C@@H]1C. The Labute approximate surface area is 487 Å². The highest BCUT2D eigenvalue weighted by Gasteiger charge is 2.52. The number of hydrogen-bond donors (Lipinski definition) is 8. The number of phenolic OH excluding ortho intramolecular Hbond substituents is 2. The molecule has 5 saturated heterocycles. The number of esters is 2. The molecule has 0 spiro atoms. The lowest BCUT2D eigenvalue weighted by Gasteiger charge is -2.47. The average molecular weight is 1200 g/mol. The first-order valence-corrected chi connectivity index (χ1v) is 28.9. The molecule has 0 aromatic heterocycles. The third-order valence-electron chi connectivity index (χ3n) is 16.5. The molecule has 5 aliphatic heterocycles. The van der Waals surface area contributed by atoms with Gasteiger partial charge in [-0.15, -0.1) is 0 Å². The number of aromatic hydroxyl groups is 2. The molecule has 1 aliphatic carbocycles. The maximum atomic E-state index is 15.1. The van der Waals surface area contributed by atoms with Gasteiger partial charge in [-0.25, -0.2) is 0 Å². The number of fused-ring (bicyclic) bond motifs is 2. The molecule has 0 radical (unpaired) electrons. The highest BCUT2D eigenvalue weighted by molar-refractivity contribution is 6.11. The van der Waals surface area contributed by atoms with Crippen molar-refractivity contribution in [3.8, 4) is 17.2 Å². The van der Waals surface area contributed by atoms with E-state index in [1.54, 1.807) is 54.5 Å². The maximum absolute atomic E-state index is 15.1. The molecule has 26 heteroatoms. The number of phenols is 2. The van der Waals surface area contributed by atoms with Crippen LogP contribution in [0.15, 0.2) is 18.2 Å². The number of ketones is 1. The summed E-state index contributed by atoms with van der Waals surface area (Å²) in [5.41, 5.74) is -1.49. The third-order valence-corrected chi connectivity index (χ3v) is 16.5. The second kappa shape index (κ2) is 27.7. The number of aliphatic hydroxyl groups excluding tert-OH is 4. The van der Waals surface area contributed by atoms with E-state index in [2.05, 4.69) is 5.32 Å². The van der Waals surface area contributed by atoms with E-state index < -0.39 is 182 Å². The second-order valence-electron chi connectivity index (χ2n) is 23.4. The summed E-state index contributed by atoms with van der Waals surface area (Å²) in [7, 11) is 2.76. The fourth-order valence-corrected chi connectivity index (χ4v) is 12.3. The summed E-state index contributed by atoms with van der Waals surface area (Å²) >= 11 is 0. The summed E-state index contributed by atoms with van der Waals surface area (Å²) in [6, 6.07) is 4.33. The monoisotopic (exact) mass is 1200 g/mol. The molecule has 8 rings (SSSR count). The van der Waals surface area contributed by atoms with Crippen LogP contribution in [0.3, 0.4) is 0 Å². The van der Waals surface area contributed by atoms with E-state index in [9.17, 15) is 50.1 Å². The number of methoxy groups -OCH3 is 2. The normalized spacial score (nSPS) is 38.6. The first-order valence-electron chi connectivity index (χ1n) is 28.9. The van der Waals surface area contributed by atoms with Crippen molar-refractivity contribution in [2.24, 2.45) is 11.8 Å². The van der Waals surface area contributed by atoms with Gasteiger partial charge in [-0.05, 0) is 77.5 Å². The van der Waals surface area contributed by atoms with Gasteiger partial charge in [0.1, 0.15) is 59.5 Å². The number of carbonyl (C=O) groups excluding carboxylic acids is 4. The molecular weight excluding hydrogens is 1110 g/mol. The molecule has 0 saturated carbocycles. The van der Waals surface area contributed by atoms with Crippen molar-refractivity contribution in [3.05, 3.63) is 29.3 Å². The lowest BCUT2D eigenvalue weighted by Crippen LogP contribution is -2.59. The first-order chi connectivity index (χ1) is 39.7. The second-order valence-corrected chi connectivity index (χ2v) is 23.4. The van der Waals surface area contributed by atoms with Gasteiger partial charge in [-0.3, -0.25) is 19.2 Å². The van der Waals surface area contributed by atoms with E-state index in [0.717, 1.165) is 0 Å². The molecule has 5 heterocycles. The molecule has 26 nitrogen and oxygen atoms in total. The third kappa shape index (κ3) is 14.7. The predicted molar refractivity (Wildman–Crippen MR) is 289 cm³/mol. The molecular formula is C58H85NO25. The van der Waals surface area contributed by atoms with Crippen molar-refractivity contribution in [1.29, 1.82) is 0 Å². The van der Waals surface area contributed by atoms with Crippen LogP contribution >= 0.6 is 0 Å². The van der Waals surface area contributed by atoms with E-state index in [1.165, 1.54) is 40.2 Å². The Morgan fingerprint density at radius 1 is 0.738 bits per heavy atom. The highest BCUT2D eigenvalue weighted by atomic mass is 16.7. The van der Waals surface area contributed by atoms with Gasteiger partial charge in [0.2, 0.25) is 12.2 Å². The van der Waals surface area contributed by atoms with Crippen molar-refractivity contribution < 1.29 is 121 Å². The number of benzene rings is 2. The summed E-state index contributed by atoms with van der Waals surface area (Å²) in [6.45, 7) is 14.2. The Bertz CT molecular complexity index is 2590. The molecule has 1 amide bonds. The van der Waals surface area contributed by atoms with Crippen LogP contribution in [0.25, 0.3) is 10.8 Å². The van der Waals surface area contributed by atoms with Crippen molar-refractivity contribution >= 4 is 34.4 Å². The molecule has 8 N–H and O–H groups in total. The van der Waals surface area contributed by atoms with Gasteiger partial charge in [0.05, 0.1) is 65.7 Å². The molecule has 0 bridgehead atoms. The van der Waals surface area contributed by atoms with E-state index in [0.29, 0.717) is 0 Å². The summed E-state index contributed by atoms with van der Waals surface area (Å²) in [5, 5.41) is 81.0. The van der Waals surface area contributed by atoms with Crippen LogP contribution in [0.1, 0.15) is 117 Å². The summed E-state index contributed by atoms with van der Waals surface area (Å²) in [4.78, 5) is 53.7. The van der Waals surface area contributed by atoms with Crippen molar-refractivity contribution in [3.63, 3.8) is 0 Å². The Hall–Kier alpha value is -4.46. The maximum Gasteiger partial charge on any atom is 0.308 e. The van der Waals surface area contributed by atoms with Gasteiger partial charge in [-0.1, -0.05) is 13.8 Å². The topological polar surface area (TPSA) is 351 Å². The molecule has 0 unspecified atom stereocenters. The summed E-state index contributed by atoms with van der Waals surface area (Å²) in [5.74, 6) is -5.01. The number of ether oxygens (including phenoxy) is 14. The lowest BCUT2D eigenvalue weighted by molar-refractivity contribution is -0.334.